The zero-order chi connectivity index (χ0) is 17.1. The van der Waals surface area contributed by atoms with Gasteiger partial charge in [-0.1, -0.05) is 12.8 Å². The van der Waals surface area contributed by atoms with Crippen LogP contribution in [-0.4, -0.2) is 44.7 Å². The van der Waals surface area contributed by atoms with E-state index < -0.39 is 0 Å². The van der Waals surface area contributed by atoms with Crippen molar-refractivity contribution in [3.63, 3.8) is 0 Å². The maximum atomic E-state index is 12.1. The minimum Gasteiger partial charge on any atom is -0.351 e. The van der Waals surface area contributed by atoms with Crippen LogP contribution in [0.15, 0.2) is 23.2 Å². The van der Waals surface area contributed by atoms with Gasteiger partial charge in [-0.3, -0.25) is 14.4 Å². The number of carbonyl (C=O) groups is 1. The van der Waals surface area contributed by atoms with Crippen LogP contribution in [0.4, 0.5) is 0 Å². The van der Waals surface area contributed by atoms with Gasteiger partial charge in [0.2, 0.25) is 0 Å². The minimum absolute atomic E-state index is 0.0673. The molecule has 6 nitrogen and oxygen atoms in total. The lowest BCUT2D eigenvalue weighted by Gasteiger charge is -2.29. The third-order valence-electron chi connectivity index (χ3n) is 5.44. The van der Waals surface area contributed by atoms with Crippen molar-refractivity contribution in [3.8, 4) is 0 Å². The molecule has 1 aliphatic carbocycles. The number of aromatic nitrogens is 3. The van der Waals surface area contributed by atoms with Crippen molar-refractivity contribution in [2.75, 3.05) is 13.1 Å². The number of fused-ring (bicyclic) bond motifs is 1. The van der Waals surface area contributed by atoms with E-state index in [1.165, 1.54) is 42.7 Å². The quantitative estimate of drug-likeness (QED) is 0.891. The minimum atomic E-state index is -0.0673. The van der Waals surface area contributed by atoms with Crippen LogP contribution in [0.25, 0.3) is 0 Å². The number of hydrogen-bond acceptors (Lipinski definition) is 5. The highest BCUT2D eigenvalue weighted by atomic mass is 32.1. The summed E-state index contributed by atoms with van der Waals surface area (Å²) in [6, 6.07) is 2.86. The molecule has 0 spiro atoms. The molecule has 1 aliphatic heterocycles. The van der Waals surface area contributed by atoms with Crippen LogP contribution >= 0.6 is 11.3 Å². The fourth-order valence-electron chi connectivity index (χ4n) is 4.10. The number of nitrogens with zero attached hydrogens (tertiary/aromatic N) is 4. The first-order valence-corrected chi connectivity index (χ1v) is 10.1. The molecule has 0 saturated heterocycles. The molecule has 2 aromatic rings. The summed E-state index contributed by atoms with van der Waals surface area (Å²) in [6.45, 7) is 3.74. The van der Waals surface area contributed by atoms with Gasteiger partial charge < -0.3 is 5.32 Å². The molecule has 1 N–H and O–H groups in total. The van der Waals surface area contributed by atoms with E-state index in [9.17, 15) is 4.79 Å². The smallest absolute Gasteiger partial charge is 0.270 e. The van der Waals surface area contributed by atoms with Crippen molar-refractivity contribution in [1.82, 2.24) is 25.0 Å². The van der Waals surface area contributed by atoms with E-state index in [1.807, 2.05) is 6.20 Å². The van der Waals surface area contributed by atoms with Crippen molar-refractivity contribution in [2.45, 2.75) is 51.2 Å². The molecule has 0 bridgehead atoms. The number of carbonyl (C=O) groups excluding carboxylic acids is 1. The Kier molecular flexibility index (Phi) is 5.12. The Morgan fingerprint density at radius 1 is 1.32 bits per heavy atom. The first-order chi connectivity index (χ1) is 12.3. The van der Waals surface area contributed by atoms with Gasteiger partial charge in [0.1, 0.15) is 5.69 Å². The van der Waals surface area contributed by atoms with Crippen LogP contribution in [0.3, 0.4) is 0 Å². The van der Waals surface area contributed by atoms with E-state index in [0.29, 0.717) is 24.2 Å². The van der Waals surface area contributed by atoms with Gasteiger partial charge >= 0.3 is 0 Å². The third-order valence-corrected chi connectivity index (χ3v) is 6.02. The van der Waals surface area contributed by atoms with Gasteiger partial charge in [0.05, 0.1) is 11.2 Å². The summed E-state index contributed by atoms with van der Waals surface area (Å²) in [5.74, 6) is 0.444. The van der Waals surface area contributed by atoms with Crippen LogP contribution in [0.1, 0.15) is 48.3 Å². The molecule has 0 aromatic carbocycles. The Morgan fingerprint density at radius 3 is 3.00 bits per heavy atom. The second-order valence-corrected chi connectivity index (χ2v) is 7.88. The third kappa shape index (κ3) is 3.93. The van der Waals surface area contributed by atoms with Crippen molar-refractivity contribution in [2.24, 2.45) is 5.92 Å². The van der Waals surface area contributed by atoms with E-state index in [-0.39, 0.29) is 5.91 Å². The lowest BCUT2D eigenvalue weighted by Crippen LogP contribution is -2.37. The summed E-state index contributed by atoms with van der Waals surface area (Å²) < 4.78 is 2.15. The van der Waals surface area contributed by atoms with Crippen molar-refractivity contribution >= 4 is 17.2 Å². The second-order valence-electron chi connectivity index (χ2n) is 7.16. The largest absolute Gasteiger partial charge is 0.351 e. The number of rotatable bonds is 5. The fourth-order valence-corrected chi connectivity index (χ4v) is 4.63. The molecule has 1 saturated carbocycles. The van der Waals surface area contributed by atoms with Gasteiger partial charge in [-0.15, -0.1) is 11.3 Å². The molecule has 1 amide bonds. The molecule has 7 heteroatoms. The summed E-state index contributed by atoms with van der Waals surface area (Å²) in [5.41, 5.74) is 3.53. The first kappa shape index (κ1) is 16.7. The van der Waals surface area contributed by atoms with Crippen LogP contribution in [0.2, 0.25) is 0 Å². The molecule has 4 rings (SSSR count). The maximum Gasteiger partial charge on any atom is 0.270 e. The highest BCUT2D eigenvalue weighted by molar-refractivity contribution is 7.07. The van der Waals surface area contributed by atoms with Crippen molar-refractivity contribution in [3.05, 3.63) is 34.5 Å². The molecule has 1 atom stereocenters. The molecule has 134 valence electrons. The molecule has 3 heterocycles. The van der Waals surface area contributed by atoms with Crippen LogP contribution < -0.4 is 5.32 Å². The number of nitrogens with one attached hydrogen (secondary N) is 1. The molecular formula is C18H25N5OS. The topological polar surface area (TPSA) is 63.1 Å². The normalized spacial score (nSPS) is 21.8. The van der Waals surface area contributed by atoms with Crippen molar-refractivity contribution in [1.29, 1.82) is 0 Å². The Labute approximate surface area is 152 Å². The highest BCUT2D eigenvalue weighted by Crippen LogP contribution is 2.28. The first-order valence-electron chi connectivity index (χ1n) is 9.21. The second kappa shape index (κ2) is 7.66. The van der Waals surface area contributed by atoms with Gasteiger partial charge in [-0.25, -0.2) is 4.98 Å². The van der Waals surface area contributed by atoms with E-state index in [4.69, 9.17) is 0 Å². The summed E-state index contributed by atoms with van der Waals surface area (Å²) >= 11 is 1.45. The van der Waals surface area contributed by atoms with E-state index in [0.717, 1.165) is 26.1 Å². The number of thiazole rings is 1. The number of hydrogen-bond donors (Lipinski definition) is 1. The Morgan fingerprint density at radius 2 is 2.20 bits per heavy atom. The van der Waals surface area contributed by atoms with Crippen molar-refractivity contribution < 1.29 is 4.79 Å². The molecule has 2 aliphatic rings. The fraction of sp³-hybridized carbons (Fsp3) is 0.611. The average molecular weight is 359 g/mol. The van der Waals surface area contributed by atoms with Crippen LogP contribution in [0.5, 0.6) is 0 Å². The molecule has 1 fully saturated rings. The Hall–Kier alpha value is -1.73. The molecular weight excluding hydrogens is 334 g/mol. The van der Waals surface area contributed by atoms with E-state index >= 15 is 0 Å². The van der Waals surface area contributed by atoms with E-state index in [2.05, 4.69) is 31.0 Å². The lowest BCUT2D eigenvalue weighted by atomic mass is 10.0. The Bertz CT molecular complexity index is 692. The SMILES string of the molecule is O=C(NCCC1CN(C2CCCC2)Cc2ccnn2C1)c1cscn1. The zero-order valence-electron chi connectivity index (χ0n) is 14.4. The maximum absolute atomic E-state index is 12.1. The summed E-state index contributed by atoms with van der Waals surface area (Å²) in [4.78, 5) is 18.8. The number of amides is 1. The molecule has 1 unspecified atom stereocenters. The predicted molar refractivity (Wildman–Crippen MR) is 97.4 cm³/mol. The van der Waals surface area contributed by atoms with Crippen LogP contribution in [0, 0.1) is 5.92 Å². The molecule has 0 radical (unpaired) electrons. The van der Waals surface area contributed by atoms with Gasteiger partial charge in [-0.2, -0.15) is 5.10 Å². The summed E-state index contributed by atoms with van der Waals surface area (Å²) in [6.07, 6.45) is 8.24. The predicted octanol–water partition coefficient (Wildman–Crippen LogP) is 2.53. The Balaban J connectivity index is 1.37. The average Bonchev–Trinajstić information content (AvgIpc) is 3.36. The summed E-state index contributed by atoms with van der Waals surface area (Å²) in [5, 5.41) is 9.31. The summed E-state index contributed by atoms with van der Waals surface area (Å²) in [7, 11) is 0. The van der Waals surface area contributed by atoms with Gasteiger partial charge in [0.15, 0.2) is 0 Å². The standard InChI is InChI=1S/C18H25N5OS/c24-18(17-12-25-13-20-17)19-7-5-14-9-22(15-3-1-2-4-15)11-16-6-8-21-23(16)10-14/h6,8,12-15H,1-5,7,9-11H2,(H,19,24). The van der Waals surface area contributed by atoms with Gasteiger partial charge in [0, 0.05) is 43.8 Å². The monoisotopic (exact) mass is 359 g/mol. The molecule has 25 heavy (non-hydrogen) atoms. The molecule has 2 aromatic heterocycles. The van der Waals surface area contributed by atoms with Gasteiger partial charge in [-0.05, 0) is 31.2 Å². The van der Waals surface area contributed by atoms with Gasteiger partial charge in [0.25, 0.3) is 5.91 Å². The van der Waals surface area contributed by atoms with E-state index in [1.54, 1.807) is 10.9 Å². The zero-order valence-corrected chi connectivity index (χ0v) is 15.2. The lowest BCUT2D eigenvalue weighted by molar-refractivity contribution is 0.0943. The highest BCUT2D eigenvalue weighted by Gasteiger charge is 2.29. The van der Waals surface area contributed by atoms with Crippen LogP contribution in [-0.2, 0) is 13.1 Å².